The number of ether oxygens (including phenoxy) is 1. The van der Waals surface area contributed by atoms with Crippen LogP contribution in [0.3, 0.4) is 0 Å². The molecule has 0 bridgehead atoms. The van der Waals surface area contributed by atoms with E-state index in [0.29, 0.717) is 10.8 Å². The standard InChI is InChI=1S/C13H12ClNO2/c1-8(13(15)16)17-11-7-6-9-4-2-3-5-10(9)12(11)14/h2-8H,1H3,(H2,15,16). The minimum atomic E-state index is -0.700. The van der Waals surface area contributed by atoms with Gasteiger partial charge in [0.15, 0.2) is 6.10 Å². The molecule has 88 valence electrons. The maximum Gasteiger partial charge on any atom is 0.258 e. The van der Waals surface area contributed by atoms with Gasteiger partial charge in [0.2, 0.25) is 0 Å². The van der Waals surface area contributed by atoms with Crippen LogP contribution in [-0.2, 0) is 4.79 Å². The molecule has 2 rings (SSSR count). The fourth-order valence-corrected chi connectivity index (χ4v) is 1.83. The largest absolute Gasteiger partial charge is 0.479 e. The molecule has 2 N–H and O–H groups in total. The number of benzene rings is 2. The van der Waals surface area contributed by atoms with Crippen LogP contribution in [0.25, 0.3) is 10.8 Å². The number of carbonyl (C=O) groups excluding carboxylic acids is 1. The zero-order chi connectivity index (χ0) is 12.4. The number of carbonyl (C=O) groups is 1. The Labute approximate surface area is 104 Å². The van der Waals surface area contributed by atoms with Crippen LogP contribution in [-0.4, -0.2) is 12.0 Å². The lowest BCUT2D eigenvalue weighted by Gasteiger charge is -2.13. The summed E-state index contributed by atoms with van der Waals surface area (Å²) in [5.74, 6) is -0.0501. The summed E-state index contributed by atoms with van der Waals surface area (Å²) >= 11 is 6.21. The summed E-state index contributed by atoms with van der Waals surface area (Å²) in [5.41, 5.74) is 5.14. The molecule has 2 aromatic rings. The average molecular weight is 250 g/mol. The summed E-state index contributed by atoms with van der Waals surface area (Å²) in [6, 6.07) is 11.3. The number of amides is 1. The van der Waals surface area contributed by atoms with Crippen LogP contribution in [0.4, 0.5) is 0 Å². The van der Waals surface area contributed by atoms with Gasteiger partial charge in [0.1, 0.15) is 5.75 Å². The predicted molar refractivity (Wildman–Crippen MR) is 68.2 cm³/mol. The molecule has 0 aliphatic carbocycles. The van der Waals surface area contributed by atoms with Gasteiger partial charge in [0.05, 0.1) is 5.02 Å². The summed E-state index contributed by atoms with van der Waals surface area (Å²) in [4.78, 5) is 10.9. The van der Waals surface area contributed by atoms with Crippen LogP contribution in [0.5, 0.6) is 5.75 Å². The molecule has 3 nitrogen and oxygen atoms in total. The quantitative estimate of drug-likeness (QED) is 0.909. The SMILES string of the molecule is CC(Oc1ccc2ccccc2c1Cl)C(N)=O. The first kappa shape index (κ1) is 11.7. The Bertz CT molecular complexity index is 568. The van der Waals surface area contributed by atoms with Crippen LogP contribution in [0.2, 0.25) is 5.02 Å². The smallest absolute Gasteiger partial charge is 0.258 e. The molecular formula is C13H12ClNO2. The van der Waals surface area contributed by atoms with E-state index in [2.05, 4.69) is 0 Å². The summed E-state index contributed by atoms with van der Waals surface area (Å²) in [6.07, 6.45) is -0.700. The minimum Gasteiger partial charge on any atom is -0.479 e. The van der Waals surface area contributed by atoms with Crippen molar-refractivity contribution in [2.75, 3.05) is 0 Å². The van der Waals surface area contributed by atoms with Crippen molar-refractivity contribution in [1.82, 2.24) is 0 Å². The van der Waals surface area contributed by atoms with Gasteiger partial charge < -0.3 is 10.5 Å². The molecule has 0 heterocycles. The highest BCUT2D eigenvalue weighted by Gasteiger charge is 2.13. The first-order chi connectivity index (χ1) is 8.09. The molecule has 2 aromatic carbocycles. The predicted octanol–water partition coefficient (Wildman–Crippen LogP) is 2.75. The van der Waals surface area contributed by atoms with Gasteiger partial charge >= 0.3 is 0 Å². The molecule has 17 heavy (non-hydrogen) atoms. The van der Waals surface area contributed by atoms with E-state index in [-0.39, 0.29) is 0 Å². The van der Waals surface area contributed by atoms with E-state index in [9.17, 15) is 4.79 Å². The fourth-order valence-electron chi connectivity index (χ4n) is 1.55. The molecule has 0 aromatic heterocycles. The van der Waals surface area contributed by atoms with Crippen molar-refractivity contribution in [2.45, 2.75) is 13.0 Å². The van der Waals surface area contributed by atoms with Gasteiger partial charge in [-0.05, 0) is 18.4 Å². The highest BCUT2D eigenvalue weighted by molar-refractivity contribution is 6.37. The van der Waals surface area contributed by atoms with Gasteiger partial charge in [-0.25, -0.2) is 0 Å². The second kappa shape index (κ2) is 4.63. The summed E-state index contributed by atoms with van der Waals surface area (Å²) < 4.78 is 5.41. The van der Waals surface area contributed by atoms with Gasteiger partial charge in [-0.15, -0.1) is 0 Å². The number of nitrogens with two attached hydrogens (primary N) is 1. The Morgan fingerprint density at radius 2 is 2.00 bits per heavy atom. The molecule has 0 aliphatic rings. The van der Waals surface area contributed by atoms with Crippen molar-refractivity contribution >= 4 is 28.3 Å². The maximum absolute atomic E-state index is 10.9. The Hall–Kier alpha value is -1.74. The highest BCUT2D eigenvalue weighted by atomic mass is 35.5. The molecule has 0 saturated carbocycles. The van der Waals surface area contributed by atoms with Crippen LogP contribution in [0, 0.1) is 0 Å². The molecule has 0 aliphatic heterocycles. The van der Waals surface area contributed by atoms with E-state index in [1.165, 1.54) is 0 Å². The lowest BCUT2D eigenvalue weighted by atomic mass is 10.1. The second-order valence-corrected chi connectivity index (χ2v) is 4.14. The topological polar surface area (TPSA) is 52.3 Å². The molecule has 1 amide bonds. The van der Waals surface area contributed by atoms with E-state index in [1.807, 2.05) is 30.3 Å². The van der Waals surface area contributed by atoms with E-state index in [1.54, 1.807) is 13.0 Å². The number of fused-ring (bicyclic) bond motifs is 1. The first-order valence-corrected chi connectivity index (χ1v) is 5.60. The number of halogens is 1. The fraction of sp³-hybridized carbons (Fsp3) is 0.154. The monoisotopic (exact) mass is 249 g/mol. The number of hydrogen-bond donors (Lipinski definition) is 1. The molecule has 4 heteroatoms. The van der Waals surface area contributed by atoms with Crippen molar-refractivity contribution in [3.63, 3.8) is 0 Å². The molecular weight excluding hydrogens is 238 g/mol. The molecule has 0 saturated heterocycles. The zero-order valence-electron chi connectivity index (χ0n) is 9.31. The van der Waals surface area contributed by atoms with Crippen molar-refractivity contribution in [3.05, 3.63) is 41.4 Å². The third kappa shape index (κ3) is 2.34. The summed E-state index contributed by atoms with van der Waals surface area (Å²) in [5, 5.41) is 2.41. The van der Waals surface area contributed by atoms with Gasteiger partial charge in [-0.2, -0.15) is 0 Å². The third-order valence-electron chi connectivity index (χ3n) is 2.53. The Balaban J connectivity index is 2.42. The first-order valence-electron chi connectivity index (χ1n) is 5.23. The highest BCUT2D eigenvalue weighted by Crippen LogP contribution is 2.33. The minimum absolute atomic E-state index is 0.469. The van der Waals surface area contributed by atoms with Gasteiger partial charge in [0, 0.05) is 5.39 Å². The van der Waals surface area contributed by atoms with Crippen molar-refractivity contribution in [3.8, 4) is 5.75 Å². The van der Waals surface area contributed by atoms with Crippen LogP contribution in [0.15, 0.2) is 36.4 Å². The lowest BCUT2D eigenvalue weighted by Crippen LogP contribution is -2.30. The van der Waals surface area contributed by atoms with E-state index in [4.69, 9.17) is 22.1 Å². The Morgan fingerprint density at radius 3 is 2.71 bits per heavy atom. The van der Waals surface area contributed by atoms with Crippen molar-refractivity contribution in [1.29, 1.82) is 0 Å². The van der Waals surface area contributed by atoms with Gasteiger partial charge in [-0.3, -0.25) is 4.79 Å². The molecule has 0 spiro atoms. The number of primary amides is 1. The Morgan fingerprint density at radius 1 is 1.29 bits per heavy atom. The summed E-state index contributed by atoms with van der Waals surface area (Å²) in [6.45, 7) is 1.59. The second-order valence-electron chi connectivity index (χ2n) is 3.76. The van der Waals surface area contributed by atoms with Crippen LogP contribution in [0.1, 0.15) is 6.92 Å². The third-order valence-corrected chi connectivity index (χ3v) is 2.92. The van der Waals surface area contributed by atoms with Gasteiger partial charge in [0.25, 0.3) is 5.91 Å². The van der Waals surface area contributed by atoms with Gasteiger partial charge in [-0.1, -0.05) is 41.9 Å². The van der Waals surface area contributed by atoms with E-state index >= 15 is 0 Å². The zero-order valence-corrected chi connectivity index (χ0v) is 10.1. The van der Waals surface area contributed by atoms with Crippen molar-refractivity contribution < 1.29 is 9.53 Å². The normalized spacial score (nSPS) is 12.4. The Kier molecular flexibility index (Phi) is 3.20. The molecule has 0 radical (unpaired) electrons. The average Bonchev–Trinajstić information content (AvgIpc) is 2.33. The number of rotatable bonds is 3. The van der Waals surface area contributed by atoms with E-state index < -0.39 is 12.0 Å². The summed E-state index contributed by atoms with van der Waals surface area (Å²) in [7, 11) is 0. The lowest BCUT2D eigenvalue weighted by molar-refractivity contribution is -0.123. The van der Waals surface area contributed by atoms with Crippen LogP contribution >= 0.6 is 11.6 Å². The maximum atomic E-state index is 10.9. The molecule has 1 atom stereocenters. The molecule has 0 fully saturated rings. The van der Waals surface area contributed by atoms with E-state index in [0.717, 1.165) is 10.8 Å². The number of hydrogen-bond acceptors (Lipinski definition) is 2. The molecule has 1 unspecified atom stereocenters. The van der Waals surface area contributed by atoms with Crippen molar-refractivity contribution in [2.24, 2.45) is 5.73 Å². The van der Waals surface area contributed by atoms with Crippen LogP contribution < -0.4 is 10.5 Å².